The lowest BCUT2D eigenvalue weighted by atomic mass is 10.3. The van der Waals surface area contributed by atoms with E-state index in [2.05, 4.69) is 5.32 Å². The highest BCUT2D eigenvalue weighted by atomic mass is 16.1. The topological polar surface area (TPSA) is 29.1 Å². The Labute approximate surface area is 62.3 Å². The Morgan fingerprint density at radius 1 is 1.50 bits per heavy atom. The van der Waals surface area contributed by atoms with Crippen LogP contribution in [0.1, 0.15) is 27.2 Å². The quantitative estimate of drug-likeness (QED) is 0.601. The van der Waals surface area contributed by atoms with Gasteiger partial charge in [0.15, 0.2) is 5.78 Å². The molecule has 0 saturated heterocycles. The summed E-state index contributed by atoms with van der Waals surface area (Å²) in [5.41, 5.74) is 1.02. The van der Waals surface area contributed by atoms with Crippen LogP contribution < -0.4 is 5.32 Å². The van der Waals surface area contributed by atoms with E-state index in [0.29, 0.717) is 0 Å². The number of hydrogen-bond acceptors (Lipinski definition) is 2. The molecule has 0 aromatic heterocycles. The normalized spacial score (nSPS) is 11.3. The van der Waals surface area contributed by atoms with Crippen LogP contribution in [0.5, 0.6) is 0 Å². The Morgan fingerprint density at radius 2 is 2.10 bits per heavy atom. The summed E-state index contributed by atoms with van der Waals surface area (Å²) >= 11 is 0. The Morgan fingerprint density at radius 3 is 2.40 bits per heavy atom. The number of rotatable bonds is 4. The van der Waals surface area contributed by atoms with Crippen LogP contribution in [0.15, 0.2) is 11.8 Å². The second-order valence-electron chi connectivity index (χ2n) is 2.16. The fourth-order valence-corrected chi connectivity index (χ4v) is 0.751. The van der Waals surface area contributed by atoms with Crippen molar-refractivity contribution in [2.24, 2.45) is 0 Å². The molecule has 0 atom stereocenters. The van der Waals surface area contributed by atoms with Crippen molar-refractivity contribution in [1.82, 2.24) is 5.32 Å². The standard InChI is InChI=1S/C8H15NO/c1-4-8(9-5-2)6-7(3)10/h6,9H,4-5H2,1-3H3/b8-6-. The van der Waals surface area contributed by atoms with Gasteiger partial charge in [-0.1, -0.05) is 6.92 Å². The minimum atomic E-state index is 0.109. The smallest absolute Gasteiger partial charge is 0.154 e. The van der Waals surface area contributed by atoms with Gasteiger partial charge in [0, 0.05) is 12.2 Å². The van der Waals surface area contributed by atoms with E-state index in [1.807, 2.05) is 13.8 Å². The molecule has 10 heavy (non-hydrogen) atoms. The van der Waals surface area contributed by atoms with Gasteiger partial charge in [0.25, 0.3) is 0 Å². The van der Waals surface area contributed by atoms with Crippen molar-refractivity contribution >= 4 is 5.78 Å². The molecule has 0 radical (unpaired) electrons. The SMILES string of the molecule is CCN/C(=C\C(C)=O)CC. The van der Waals surface area contributed by atoms with Crippen LogP contribution in [0.3, 0.4) is 0 Å². The van der Waals surface area contributed by atoms with Crippen molar-refractivity contribution in [3.63, 3.8) is 0 Å². The largest absolute Gasteiger partial charge is 0.389 e. The number of hydrogen-bond donors (Lipinski definition) is 1. The van der Waals surface area contributed by atoms with Crippen LogP contribution in [-0.4, -0.2) is 12.3 Å². The van der Waals surface area contributed by atoms with E-state index in [1.165, 1.54) is 0 Å². The Kier molecular flexibility index (Phi) is 4.63. The maximum Gasteiger partial charge on any atom is 0.154 e. The summed E-state index contributed by atoms with van der Waals surface area (Å²) < 4.78 is 0. The van der Waals surface area contributed by atoms with E-state index >= 15 is 0 Å². The van der Waals surface area contributed by atoms with E-state index < -0.39 is 0 Å². The third kappa shape index (κ3) is 4.13. The highest BCUT2D eigenvalue weighted by Crippen LogP contribution is 1.94. The second-order valence-corrected chi connectivity index (χ2v) is 2.16. The Bertz CT molecular complexity index is 138. The highest BCUT2D eigenvalue weighted by Gasteiger charge is 1.91. The average molecular weight is 141 g/mol. The van der Waals surface area contributed by atoms with Gasteiger partial charge in [0.05, 0.1) is 0 Å². The van der Waals surface area contributed by atoms with Crippen LogP contribution in [0.25, 0.3) is 0 Å². The summed E-state index contributed by atoms with van der Waals surface area (Å²) in [5.74, 6) is 0.109. The summed E-state index contributed by atoms with van der Waals surface area (Å²) in [7, 11) is 0. The second kappa shape index (κ2) is 5.03. The van der Waals surface area contributed by atoms with E-state index in [1.54, 1.807) is 13.0 Å². The van der Waals surface area contributed by atoms with Crippen molar-refractivity contribution in [2.75, 3.05) is 6.54 Å². The fraction of sp³-hybridized carbons (Fsp3) is 0.625. The van der Waals surface area contributed by atoms with Gasteiger partial charge >= 0.3 is 0 Å². The monoisotopic (exact) mass is 141 g/mol. The van der Waals surface area contributed by atoms with Crippen LogP contribution in [-0.2, 0) is 4.79 Å². The number of carbonyl (C=O) groups is 1. The van der Waals surface area contributed by atoms with Crippen molar-refractivity contribution in [3.05, 3.63) is 11.8 Å². The summed E-state index contributed by atoms with van der Waals surface area (Å²) in [4.78, 5) is 10.6. The molecule has 0 aliphatic carbocycles. The molecule has 0 unspecified atom stereocenters. The molecular formula is C8H15NO. The lowest BCUT2D eigenvalue weighted by Crippen LogP contribution is -2.12. The van der Waals surface area contributed by atoms with Gasteiger partial charge in [0.2, 0.25) is 0 Å². The van der Waals surface area contributed by atoms with Crippen molar-refractivity contribution < 1.29 is 4.79 Å². The third-order valence-electron chi connectivity index (χ3n) is 1.16. The van der Waals surface area contributed by atoms with Crippen LogP contribution >= 0.6 is 0 Å². The number of carbonyl (C=O) groups excluding carboxylic acids is 1. The summed E-state index contributed by atoms with van der Waals surface area (Å²) in [6, 6.07) is 0. The molecule has 0 saturated carbocycles. The molecule has 0 aromatic carbocycles. The van der Waals surface area contributed by atoms with Gasteiger partial charge < -0.3 is 5.32 Å². The molecule has 0 aliphatic heterocycles. The van der Waals surface area contributed by atoms with E-state index in [4.69, 9.17) is 0 Å². The Hall–Kier alpha value is -0.790. The number of ketones is 1. The number of allylic oxidation sites excluding steroid dienone is 2. The highest BCUT2D eigenvalue weighted by molar-refractivity contribution is 5.87. The molecule has 0 rings (SSSR count). The van der Waals surface area contributed by atoms with Crippen molar-refractivity contribution in [3.8, 4) is 0 Å². The Balaban J connectivity index is 3.91. The lowest BCUT2D eigenvalue weighted by Gasteiger charge is -2.03. The molecule has 1 N–H and O–H groups in total. The first-order chi connectivity index (χ1) is 4.70. The van der Waals surface area contributed by atoms with E-state index in [0.717, 1.165) is 18.7 Å². The molecule has 58 valence electrons. The molecule has 2 heteroatoms. The third-order valence-corrected chi connectivity index (χ3v) is 1.16. The molecule has 0 heterocycles. The molecule has 0 bridgehead atoms. The first-order valence-corrected chi connectivity index (χ1v) is 3.65. The van der Waals surface area contributed by atoms with Crippen LogP contribution in [0.4, 0.5) is 0 Å². The maximum absolute atomic E-state index is 10.6. The first-order valence-electron chi connectivity index (χ1n) is 3.65. The first kappa shape index (κ1) is 9.21. The van der Waals surface area contributed by atoms with Crippen molar-refractivity contribution in [1.29, 1.82) is 0 Å². The van der Waals surface area contributed by atoms with Gasteiger partial charge in [-0.05, 0) is 26.3 Å². The molecule has 2 nitrogen and oxygen atoms in total. The minimum Gasteiger partial charge on any atom is -0.389 e. The van der Waals surface area contributed by atoms with Gasteiger partial charge in [-0.2, -0.15) is 0 Å². The summed E-state index contributed by atoms with van der Waals surface area (Å²) in [5, 5.41) is 3.10. The molecule has 0 aliphatic rings. The van der Waals surface area contributed by atoms with Crippen LogP contribution in [0.2, 0.25) is 0 Å². The zero-order valence-electron chi connectivity index (χ0n) is 6.90. The van der Waals surface area contributed by atoms with E-state index in [9.17, 15) is 4.79 Å². The lowest BCUT2D eigenvalue weighted by molar-refractivity contribution is -0.112. The summed E-state index contributed by atoms with van der Waals surface area (Å²) in [6.45, 7) is 6.49. The van der Waals surface area contributed by atoms with Crippen LogP contribution in [0, 0.1) is 0 Å². The van der Waals surface area contributed by atoms with Gasteiger partial charge in [-0.15, -0.1) is 0 Å². The van der Waals surface area contributed by atoms with Crippen molar-refractivity contribution in [2.45, 2.75) is 27.2 Å². The fourth-order valence-electron chi connectivity index (χ4n) is 0.751. The summed E-state index contributed by atoms with van der Waals surface area (Å²) in [6.07, 6.45) is 2.54. The maximum atomic E-state index is 10.6. The molecule has 0 aromatic rings. The zero-order valence-corrected chi connectivity index (χ0v) is 6.90. The predicted molar refractivity (Wildman–Crippen MR) is 42.7 cm³/mol. The minimum absolute atomic E-state index is 0.109. The zero-order chi connectivity index (χ0) is 7.98. The molecule has 0 amide bonds. The predicted octanol–water partition coefficient (Wildman–Crippen LogP) is 1.48. The average Bonchev–Trinajstić information content (AvgIpc) is 1.86. The molecule has 0 fully saturated rings. The van der Waals surface area contributed by atoms with Gasteiger partial charge in [-0.25, -0.2) is 0 Å². The van der Waals surface area contributed by atoms with Gasteiger partial charge in [-0.3, -0.25) is 4.79 Å². The van der Waals surface area contributed by atoms with E-state index in [-0.39, 0.29) is 5.78 Å². The number of nitrogens with one attached hydrogen (secondary N) is 1. The molecular weight excluding hydrogens is 126 g/mol. The molecule has 0 spiro atoms. The van der Waals surface area contributed by atoms with Gasteiger partial charge in [0.1, 0.15) is 0 Å².